The maximum absolute atomic E-state index is 5.66. The number of fused-ring (bicyclic) bond motifs is 1. The molecule has 1 atom stereocenters. The zero-order valence-corrected chi connectivity index (χ0v) is 12.1. The Kier molecular flexibility index (Phi) is 4.83. The number of nitrogen functional groups attached to an aromatic ring is 1. The minimum atomic E-state index is 0.623. The standard InChI is InChI=1S/2C9H11N/c1-7-6-8-4-2-3-5-9(8)10-7;1-2-5-8-6-3-4-7-9(8)10/h2-5,7,10H,6H2,1H3;2-7H,10H2,1H3. The summed E-state index contributed by atoms with van der Waals surface area (Å²) in [5.41, 5.74) is 10.3. The van der Waals surface area contributed by atoms with Crippen LogP contribution in [0, 0.1) is 0 Å². The number of anilines is 2. The minimum absolute atomic E-state index is 0.623. The number of para-hydroxylation sites is 2. The predicted octanol–water partition coefficient (Wildman–Crippen LogP) is 4.35. The molecule has 0 bridgehead atoms. The Balaban J connectivity index is 0.000000147. The highest BCUT2D eigenvalue weighted by Crippen LogP contribution is 2.24. The van der Waals surface area contributed by atoms with E-state index in [9.17, 15) is 0 Å². The van der Waals surface area contributed by atoms with Crippen molar-refractivity contribution in [2.24, 2.45) is 0 Å². The van der Waals surface area contributed by atoms with Gasteiger partial charge in [-0.2, -0.15) is 0 Å². The molecule has 1 heterocycles. The summed E-state index contributed by atoms with van der Waals surface area (Å²) in [6.45, 7) is 4.19. The van der Waals surface area contributed by atoms with E-state index in [1.807, 2.05) is 43.3 Å². The number of rotatable bonds is 1. The maximum Gasteiger partial charge on any atom is 0.0387 e. The van der Waals surface area contributed by atoms with Crippen LogP contribution in [-0.4, -0.2) is 6.04 Å². The van der Waals surface area contributed by atoms with Crippen LogP contribution in [0.4, 0.5) is 11.4 Å². The fraction of sp³-hybridized carbons (Fsp3) is 0.222. The van der Waals surface area contributed by atoms with Gasteiger partial charge in [0.2, 0.25) is 0 Å². The van der Waals surface area contributed by atoms with Crippen molar-refractivity contribution in [1.82, 2.24) is 0 Å². The van der Waals surface area contributed by atoms with Crippen LogP contribution in [-0.2, 0) is 6.42 Å². The molecule has 2 nitrogen and oxygen atoms in total. The average molecular weight is 266 g/mol. The van der Waals surface area contributed by atoms with Gasteiger partial charge in [0.1, 0.15) is 0 Å². The van der Waals surface area contributed by atoms with Crippen molar-refractivity contribution >= 4 is 17.5 Å². The zero-order valence-electron chi connectivity index (χ0n) is 12.1. The minimum Gasteiger partial charge on any atom is -0.398 e. The van der Waals surface area contributed by atoms with Gasteiger partial charge in [0.15, 0.2) is 0 Å². The van der Waals surface area contributed by atoms with Crippen LogP contribution in [0.25, 0.3) is 6.08 Å². The van der Waals surface area contributed by atoms with Crippen LogP contribution >= 0.6 is 0 Å². The number of nitrogens with two attached hydrogens (primary N) is 1. The second-order valence-electron chi connectivity index (χ2n) is 5.04. The molecule has 2 heteroatoms. The van der Waals surface area contributed by atoms with Gasteiger partial charge in [-0.25, -0.2) is 0 Å². The Morgan fingerprint density at radius 2 is 1.80 bits per heavy atom. The van der Waals surface area contributed by atoms with Crippen molar-refractivity contribution < 1.29 is 0 Å². The molecule has 0 aliphatic carbocycles. The normalized spacial score (nSPS) is 16.2. The second kappa shape index (κ2) is 6.80. The van der Waals surface area contributed by atoms with E-state index in [-0.39, 0.29) is 0 Å². The molecule has 0 spiro atoms. The molecular weight excluding hydrogens is 244 g/mol. The quantitative estimate of drug-likeness (QED) is 0.753. The zero-order chi connectivity index (χ0) is 14.4. The van der Waals surface area contributed by atoms with Crippen molar-refractivity contribution in [3.8, 4) is 0 Å². The van der Waals surface area contributed by atoms with E-state index in [0.29, 0.717) is 6.04 Å². The first-order valence-corrected chi connectivity index (χ1v) is 7.02. The molecule has 0 saturated carbocycles. The summed E-state index contributed by atoms with van der Waals surface area (Å²) in [6, 6.07) is 16.9. The summed E-state index contributed by atoms with van der Waals surface area (Å²) in [7, 11) is 0. The van der Waals surface area contributed by atoms with Crippen molar-refractivity contribution in [2.75, 3.05) is 11.1 Å². The Hall–Kier alpha value is -2.22. The predicted molar refractivity (Wildman–Crippen MR) is 88.8 cm³/mol. The SMILES string of the molecule is CC1Cc2ccccc2N1.CC=Cc1ccccc1N. The van der Waals surface area contributed by atoms with Crippen molar-refractivity contribution in [2.45, 2.75) is 26.3 Å². The molecule has 0 aromatic heterocycles. The van der Waals surface area contributed by atoms with Crippen molar-refractivity contribution in [3.63, 3.8) is 0 Å². The Morgan fingerprint density at radius 3 is 2.50 bits per heavy atom. The number of hydrogen-bond donors (Lipinski definition) is 2. The molecule has 0 fully saturated rings. The summed E-state index contributed by atoms with van der Waals surface area (Å²) in [5.74, 6) is 0. The Morgan fingerprint density at radius 1 is 1.10 bits per heavy atom. The topological polar surface area (TPSA) is 38.0 Å². The first-order chi connectivity index (χ1) is 9.70. The van der Waals surface area contributed by atoms with E-state index in [0.717, 1.165) is 11.3 Å². The fourth-order valence-electron chi connectivity index (χ4n) is 2.33. The molecule has 0 amide bonds. The summed E-state index contributed by atoms with van der Waals surface area (Å²) in [4.78, 5) is 0. The van der Waals surface area contributed by atoms with Gasteiger partial charge in [0.25, 0.3) is 0 Å². The first-order valence-electron chi connectivity index (χ1n) is 7.02. The lowest BCUT2D eigenvalue weighted by Crippen LogP contribution is -2.08. The van der Waals surface area contributed by atoms with Crippen LogP contribution < -0.4 is 11.1 Å². The molecule has 0 saturated heterocycles. The van der Waals surface area contributed by atoms with E-state index in [4.69, 9.17) is 5.73 Å². The summed E-state index contributed by atoms with van der Waals surface area (Å²) in [6.07, 6.45) is 5.15. The highest BCUT2D eigenvalue weighted by atomic mass is 14.9. The maximum atomic E-state index is 5.66. The second-order valence-corrected chi connectivity index (χ2v) is 5.04. The van der Waals surface area contributed by atoms with E-state index in [1.165, 1.54) is 17.7 Å². The van der Waals surface area contributed by atoms with Gasteiger partial charge >= 0.3 is 0 Å². The van der Waals surface area contributed by atoms with Gasteiger partial charge < -0.3 is 11.1 Å². The third kappa shape index (κ3) is 3.64. The van der Waals surface area contributed by atoms with Crippen LogP contribution in [0.2, 0.25) is 0 Å². The highest BCUT2D eigenvalue weighted by molar-refractivity contribution is 5.63. The molecule has 1 aliphatic rings. The molecular formula is C18H22N2. The summed E-state index contributed by atoms with van der Waals surface area (Å²) < 4.78 is 0. The van der Waals surface area contributed by atoms with Crippen LogP contribution in [0.15, 0.2) is 54.6 Å². The monoisotopic (exact) mass is 266 g/mol. The molecule has 2 aromatic carbocycles. The van der Waals surface area contributed by atoms with Gasteiger partial charge in [0.05, 0.1) is 0 Å². The Labute approximate surface area is 121 Å². The lowest BCUT2D eigenvalue weighted by atomic mass is 10.1. The molecule has 1 aliphatic heterocycles. The van der Waals surface area contributed by atoms with E-state index in [1.54, 1.807) is 0 Å². The molecule has 3 rings (SSSR count). The summed E-state index contributed by atoms with van der Waals surface area (Å²) in [5, 5.41) is 3.40. The summed E-state index contributed by atoms with van der Waals surface area (Å²) >= 11 is 0. The largest absolute Gasteiger partial charge is 0.398 e. The van der Waals surface area contributed by atoms with Crippen molar-refractivity contribution in [3.05, 3.63) is 65.7 Å². The van der Waals surface area contributed by atoms with Crippen LogP contribution in [0.5, 0.6) is 0 Å². The average Bonchev–Trinajstić information content (AvgIpc) is 2.82. The molecule has 2 aromatic rings. The van der Waals surface area contributed by atoms with Gasteiger partial charge in [-0.05, 0) is 43.5 Å². The number of nitrogens with one attached hydrogen (secondary N) is 1. The molecule has 104 valence electrons. The molecule has 20 heavy (non-hydrogen) atoms. The van der Waals surface area contributed by atoms with E-state index >= 15 is 0 Å². The Bertz CT molecular complexity index is 562. The number of benzene rings is 2. The first kappa shape index (κ1) is 14.2. The lowest BCUT2D eigenvalue weighted by Gasteiger charge is -2.00. The third-order valence-corrected chi connectivity index (χ3v) is 3.29. The third-order valence-electron chi connectivity index (χ3n) is 3.29. The molecule has 0 radical (unpaired) electrons. The van der Waals surface area contributed by atoms with E-state index < -0.39 is 0 Å². The van der Waals surface area contributed by atoms with Crippen molar-refractivity contribution in [1.29, 1.82) is 0 Å². The van der Waals surface area contributed by atoms with Gasteiger partial charge in [-0.1, -0.05) is 48.6 Å². The lowest BCUT2D eigenvalue weighted by molar-refractivity contribution is 0.839. The number of hydrogen-bond acceptors (Lipinski definition) is 2. The molecule has 3 N–H and O–H groups in total. The van der Waals surface area contributed by atoms with Crippen LogP contribution in [0.3, 0.4) is 0 Å². The number of allylic oxidation sites excluding steroid dienone is 1. The highest BCUT2D eigenvalue weighted by Gasteiger charge is 2.14. The molecule has 1 unspecified atom stereocenters. The smallest absolute Gasteiger partial charge is 0.0387 e. The van der Waals surface area contributed by atoms with Gasteiger partial charge in [0, 0.05) is 17.4 Å². The van der Waals surface area contributed by atoms with Gasteiger partial charge in [-0.15, -0.1) is 0 Å². The van der Waals surface area contributed by atoms with E-state index in [2.05, 4.69) is 36.5 Å². The fourth-order valence-corrected chi connectivity index (χ4v) is 2.33. The van der Waals surface area contributed by atoms with Gasteiger partial charge in [-0.3, -0.25) is 0 Å². The van der Waals surface area contributed by atoms with Crippen LogP contribution in [0.1, 0.15) is 25.0 Å².